The molecule has 2 aliphatic carbocycles. The monoisotopic (exact) mass is 359 g/mol. The number of hydrogen-bond donors (Lipinski definition) is 3. The Balaban J connectivity index is 0.00000288. The molecule has 0 aromatic rings. The molecule has 0 heterocycles. The van der Waals surface area contributed by atoms with Crippen molar-refractivity contribution in [3.63, 3.8) is 0 Å². The highest BCUT2D eigenvalue weighted by molar-refractivity contribution is 5.85. The molecule has 2 aliphatic rings. The van der Waals surface area contributed by atoms with E-state index in [4.69, 9.17) is 5.73 Å². The lowest BCUT2D eigenvalue weighted by Crippen LogP contribution is -2.51. The summed E-state index contributed by atoms with van der Waals surface area (Å²) in [6.07, 6.45) is 9.14. The molecule has 24 heavy (non-hydrogen) atoms. The molecular weight excluding hydrogens is 326 g/mol. The lowest BCUT2D eigenvalue weighted by Gasteiger charge is -2.32. The van der Waals surface area contributed by atoms with Gasteiger partial charge in [0, 0.05) is 30.5 Å². The standard InChI is InChI=1S/C18H33N3O2.ClH/c1-18(2,12-19)21-17(23)14-7-9-15(10-8-14)20-16(22)11-13-5-3-4-6-13;/h13-15H,3-12,19H2,1-2H3,(H,20,22)(H,21,23);1H. The van der Waals surface area contributed by atoms with Crippen LogP contribution in [0.3, 0.4) is 0 Å². The van der Waals surface area contributed by atoms with Gasteiger partial charge >= 0.3 is 0 Å². The van der Waals surface area contributed by atoms with Crippen LogP contribution in [0.15, 0.2) is 0 Å². The first kappa shape index (κ1) is 21.2. The van der Waals surface area contributed by atoms with Crippen LogP contribution in [0, 0.1) is 11.8 Å². The predicted octanol–water partition coefficient (Wildman–Crippen LogP) is 2.52. The number of hydrogen-bond acceptors (Lipinski definition) is 3. The number of halogens is 1. The topological polar surface area (TPSA) is 84.2 Å². The minimum Gasteiger partial charge on any atom is -0.353 e. The van der Waals surface area contributed by atoms with E-state index in [2.05, 4.69) is 10.6 Å². The Hall–Kier alpha value is -0.810. The van der Waals surface area contributed by atoms with E-state index in [0.717, 1.165) is 25.7 Å². The second-order valence-corrected chi connectivity index (χ2v) is 8.05. The maximum atomic E-state index is 12.3. The minimum atomic E-state index is -0.344. The Kier molecular flexibility index (Phi) is 8.51. The van der Waals surface area contributed by atoms with Crippen molar-refractivity contribution in [1.29, 1.82) is 0 Å². The molecule has 0 saturated heterocycles. The van der Waals surface area contributed by atoms with Crippen molar-refractivity contribution in [3.8, 4) is 0 Å². The third kappa shape index (κ3) is 6.60. The van der Waals surface area contributed by atoms with Crippen LogP contribution in [-0.4, -0.2) is 29.9 Å². The molecule has 2 saturated carbocycles. The summed E-state index contributed by atoms with van der Waals surface area (Å²) in [4.78, 5) is 24.4. The highest BCUT2D eigenvalue weighted by Gasteiger charge is 2.30. The average molecular weight is 360 g/mol. The summed E-state index contributed by atoms with van der Waals surface area (Å²) in [7, 11) is 0. The van der Waals surface area contributed by atoms with E-state index < -0.39 is 0 Å². The largest absolute Gasteiger partial charge is 0.353 e. The number of nitrogens with one attached hydrogen (secondary N) is 2. The molecule has 0 spiro atoms. The van der Waals surface area contributed by atoms with Gasteiger partial charge in [-0.05, 0) is 58.3 Å². The van der Waals surface area contributed by atoms with Crippen LogP contribution >= 0.6 is 12.4 Å². The van der Waals surface area contributed by atoms with Crippen LogP contribution in [0.4, 0.5) is 0 Å². The van der Waals surface area contributed by atoms with Gasteiger partial charge in [0.15, 0.2) is 0 Å². The molecule has 5 nitrogen and oxygen atoms in total. The first-order valence-electron chi connectivity index (χ1n) is 9.21. The van der Waals surface area contributed by atoms with E-state index in [1.807, 2.05) is 13.8 Å². The lowest BCUT2D eigenvalue weighted by molar-refractivity contribution is -0.127. The van der Waals surface area contributed by atoms with Crippen LogP contribution < -0.4 is 16.4 Å². The van der Waals surface area contributed by atoms with E-state index in [0.29, 0.717) is 18.9 Å². The van der Waals surface area contributed by atoms with Crippen molar-refractivity contribution in [2.45, 2.75) is 83.2 Å². The normalized spacial score (nSPS) is 25.0. The van der Waals surface area contributed by atoms with Gasteiger partial charge in [-0.2, -0.15) is 0 Å². The zero-order valence-corrected chi connectivity index (χ0v) is 15.9. The maximum absolute atomic E-state index is 12.3. The highest BCUT2D eigenvalue weighted by atomic mass is 35.5. The molecule has 0 aliphatic heterocycles. The Bertz CT molecular complexity index is 414. The van der Waals surface area contributed by atoms with E-state index in [1.54, 1.807) is 0 Å². The summed E-state index contributed by atoms with van der Waals surface area (Å²) in [6.45, 7) is 4.32. The fourth-order valence-electron chi connectivity index (χ4n) is 3.75. The van der Waals surface area contributed by atoms with Gasteiger partial charge in [-0.1, -0.05) is 12.8 Å². The third-order valence-corrected chi connectivity index (χ3v) is 5.38. The fraction of sp³-hybridized carbons (Fsp3) is 0.889. The molecule has 140 valence electrons. The van der Waals surface area contributed by atoms with Crippen LogP contribution in [0.1, 0.15) is 71.6 Å². The molecule has 0 aromatic heterocycles. The fourth-order valence-corrected chi connectivity index (χ4v) is 3.75. The summed E-state index contributed by atoms with van der Waals surface area (Å²) < 4.78 is 0. The molecule has 0 atom stereocenters. The average Bonchev–Trinajstić information content (AvgIpc) is 3.00. The van der Waals surface area contributed by atoms with Crippen LogP contribution in [-0.2, 0) is 9.59 Å². The number of amides is 2. The van der Waals surface area contributed by atoms with E-state index in [1.165, 1.54) is 25.7 Å². The van der Waals surface area contributed by atoms with Gasteiger partial charge in [0.1, 0.15) is 0 Å². The SMILES string of the molecule is CC(C)(CN)NC(=O)C1CCC(NC(=O)CC2CCCC2)CC1.Cl. The molecular formula is C18H34ClN3O2. The predicted molar refractivity (Wildman–Crippen MR) is 99.0 cm³/mol. The Morgan fingerprint density at radius 3 is 2.17 bits per heavy atom. The smallest absolute Gasteiger partial charge is 0.223 e. The van der Waals surface area contributed by atoms with Crippen molar-refractivity contribution in [2.75, 3.05) is 6.54 Å². The quantitative estimate of drug-likeness (QED) is 0.681. The Labute approximate surface area is 152 Å². The van der Waals surface area contributed by atoms with Crippen molar-refractivity contribution in [2.24, 2.45) is 17.6 Å². The van der Waals surface area contributed by atoms with Crippen LogP contribution in [0.25, 0.3) is 0 Å². The summed E-state index contributed by atoms with van der Waals surface area (Å²) in [5, 5.41) is 6.20. The first-order chi connectivity index (χ1) is 10.9. The summed E-state index contributed by atoms with van der Waals surface area (Å²) in [5.41, 5.74) is 5.32. The van der Waals surface area contributed by atoms with Crippen molar-refractivity contribution < 1.29 is 9.59 Å². The van der Waals surface area contributed by atoms with Gasteiger partial charge in [-0.25, -0.2) is 0 Å². The zero-order chi connectivity index (χ0) is 16.9. The van der Waals surface area contributed by atoms with Crippen molar-refractivity contribution in [3.05, 3.63) is 0 Å². The van der Waals surface area contributed by atoms with Crippen molar-refractivity contribution >= 4 is 24.2 Å². The first-order valence-corrected chi connectivity index (χ1v) is 9.21. The maximum Gasteiger partial charge on any atom is 0.223 e. The highest BCUT2D eigenvalue weighted by Crippen LogP contribution is 2.28. The Morgan fingerprint density at radius 2 is 1.62 bits per heavy atom. The Morgan fingerprint density at radius 1 is 1.04 bits per heavy atom. The number of nitrogens with two attached hydrogens (primary N) is 1. The molecule has 4 N–H and O–H groups in total. The third-order valence-electron chi connectivity index (χ3n) is 5.38. The van der Waals surface area contributed by atoms with Gasteiger partial charge in [-0.15, -0.1) is 12.4 Å². The molecule has 0 radical (unpaired) electrons. The second-order valence-electron chi connectivity index (χ2n) is 8.05. The molecule has 0 unspecified atom stereocenters. The van der Waals surface area contributed by atoms with Crippen LogP contribution in [0.2, 0.25) is 0 Å². The summed E-state index contributed by atoms with van der Waals surface area (Å²) in [6, 6.07) is 0.246. The molecule has 2 fully saturated rings. The van der Waals surface area contributed by atoms with Gasteiger partial charge in [-0.3, -0.25) is 9.59 Å². The summed E-state index contributed by atoms with van der Waals surface area (Å²) >= 11 is 0. The minimum absolute atomic E-state index is 0. The number of carbonyl (C=O) groups excluding carboxylic acids is 2. The van der Waals surface area contributed by atoms with Crippen molar-refractivity contribution in [1.82, 2.24) is 10.6 Å². The molecule has 6 heteroatoms. The summed E-state index contributed by atoms with van der Waals surface area (Å²) in [5.74, 6) is 0.963. The zero-order valence-electron chi connectivity index (χ0n) is 15.1. The van der Waals surface area contributed by atoms with E-state index in [-0.39, 0.29) is 41.7 Å². The van der Waals surface area contributed by atoms with Crippen LogP contribution in [0.5, 0.6) is 0 Å². The van der Waals surface area contributed by atoms with E-state index in [9.17, 15) is 9.59 Å². The lowest BCUT2D eigenvalue weighted by atomic mass is 9.84. The van der Waals surface area contributed by atoms with Gasteiger partial charge in [0.25, 0.3) is 0 Å². The molecule has 0 bridgehead atoms. The number of carbonyl (C=O) groups is 2. The van der Waals surface area contributed by atoms with Gasteiger partial charge in [0.2, 0.25) is 11.8 Å². The van der Waals surface area contributed by atoms with E-state index >= 15 is 0 Å². The molecule has 2 amide bonds. The van der Waals surface area contributed by atoms with Gasteiger partial charge < -0.3 is 16.4 Å². The molecule has 2 rings (SSSR count). The van der Waals surface area contributed by atoms with Gasteiger partial charge in [0.05, 0.1) is 0 Å². The number of rotatable bonds is 6. The molecule has 0 aromatic carbocycles. The second kappa shape index (κ2) is 9.62.